The van der Waals surface area contributed by atoms with Crippen LogP contribution in [0.25, 0.3) is 11.3 Å². The molecule has 0 spiro atoms. The number of halogens is 2. The van der Waals surface area contributed by atoms with E-state index >= 15 is 0 Å². The Morgan fingerprint density at radius 3 is 2.61 bits per heavy atom. The highest BCUT2D eigenvalue weighted by molar-refractivity contribution is 6.29. The Morgan fingerprint density at radius 2 is 2.00 bits per heavy atom. The lowest BCUT2D eigenvalue weighted by Crippen LogP contribution is -2.06. The van der Waals surface area contributed by atoms with E-state index in [2.05, 4.69) is 9.97 Å². The van der Waals surface area contributed by atoms with Crippen molar-refractivity contribution in [1.82, 2.24) is 9.97 Å². The van der Waals surface area contributed by atoms with Crippen molar-refractivity contribution in [3.63, 3.8) is 0 Å². The number of benzene rings is 1. The molecule has 1 heterocycles. The summed E-state index contributed by atoms with van der Waals surface area (Å²) in [6.45, 7) is 3.69. The second-order valence-corrected chi connectivity index (χ2v) is 4.43. The van der Waals surface area contributed by atoms with Crippen LogP contribution in [-0.2, 0) is 0 Å². The van der Waals surface area contributed by atoms with E-state index in [0.29, 0.717) is 16.4 Å². The Kier molecular flexibility index (Phi) is 3.77. The lowest BCUT2D eigenvalue weighted by molar-refractivity contribution is 0.231. The van der Waals surface area contributed by atoms with Gasteiger partial charge in [-0.2, -0.15) is 0 Å². The lowest BCUT2D eigenvalue weighted by Gasteiger charge is -2.11. The summed E-state index contributed by atoms with van der Waals surface area (Å²) in [5.41, 5.74) is 1.21. The molecule has 0 unspecified atom stereocenters. The van der Waals surface area contributed by atoms with E-state index in [9.17, 15) is 4.39 Å². The zero-order valence-corrected chi connectivity index (χ0v) is 10.8. The fourth-order valence-electron chi connectivity index (χ4n) is 1.50. The van der Waals surface area contributed by atoms with Gasteiger partial charge in [-0.3, -0.25) is 0 Å². The summed E-state index contributed by atoms with van der Waals surface area (Å²) in [5.74, 6) is -0.190. The molecule has 0 aliphatic heterocycles. The smallest absolute Gasteiger partial charge is 0.165 e. The van der Waals surface area contributed by atoms with E-state index in [1.54, 1.807) is 18.2 Å². The molecule has 0 amide bonds. The average Bonchev–Trinajstić information content (AvgIpc) is 2.31. The average molecular weight is 267 g/mol. The number of hydrogen-bond donors (Lipinski definition) is 0. The molecule has 0 saturated carbocycles. The number of ether oxygens (including phenoxy) is 1. The molecule has 0 aliphatic carbocycles. The van der Waals surface area contributed by atoms with Crippen LogP contribution >= 0.6 is 11.6 Å². The fourth-order valence-corrected chi connectivity index (χ4v) is 1.65. The second kappa shape index (κ2) is 5.31. The minimum atomic E-state index is -0.420. The predicted octanol–water partition coefficient (Wildman–Crippen LogP) is 3.72. The third-order valence-electron chi connectivity index (χ3n) is 2.22. The minimum absolute atomic E-state index is 0.0705. The first-order valence-electron chi connectivity index (χ1n) is 5.50. The van der Waals surface area contributed by atoms with Gasteiger partial charge in [0.1, 0.15) is 11.5 Å². The van der Waals surface area contributed by atoms with Crippen LogP contribution in [0.1, 0.15) is 13.8 Å². The van der Waals surface area contributed by atoms with Gasteiger partial charge in [-0.05, 0) is 32.0 Å². The molecule has 18 heavy (non-hydrogen) atoms. The van der Waals surface area contributed by atoms with Gasteiger partial charge < -0.3 is 4.74 Å². The van der Waals surface area contributed by atoms with Crippen molar-refractivity contribution in [1.29, 1.82) is 0 Å². The van der Waals surface area contributed by atoms with Crippen LogP contribution in [-0.4, -0.2) is 16.1 Å². The Morgan fingerprint density at radius 1 is 1.22 bits per heavy atom. The van der Waals surface area contributed by atoms with Gasteiger partial charge in [0.05, 0.1) is 11.8 Å². The van der Waals surface area contributed by atoms with Gasteiger partial charge in [0, 0.05) is 11.6 Å². The maximum absolute atomic E-state index is 13.8. The van der Waals surface area contributed by atoms with E-state index in [4.69, 9.17) is 16.3 Å². The Labute approximate surface area is 110 Å². The molecule has 0 bridgehead atoms. The molecule has 1 aromatic heterocycles. The van der Waals surface area contributed by atoms with Crippen LogP contribution < -0.4 is 4.74 Å². The van der Waals surface area contributed by atoms with Crippen LogP contribution in [0.15, 0.2) is 30.6 Å². The van der Waals surface area contributed by atoms with E-state index in [1.807, 2.05) is 13.8 Å². The zero-order valence-electron chi connectivity index (χ0n) is 10.0. The minimum Gasteiger partial charge on any atom is -0.488 e. The van der Waals surface area contributed by atoms with Crippen LogP contribution in [0.5, 0.6) is 5.75 Å². The molecule has 0 fully saturated rings. The van der Waals surface area contributed by atoms with E-state index in [0.717, 1.165) is 0 Å². The van der Waals surface area contributed by atoms with Gasteiger partial charge in [0.2, 0.25) is 0 Å². The van der Waals surface area contributed by atoms with Crippen molar-refractivity contribution in [2.24, 2.45) is 0 Å². The lowest BCUT2D eigenvalue weighted by atomic mass is 10.1. The molecule has 0 N–H and O–H groups in total. The van der Waals surface area contributed by atoms with Crippen molar-refractivity contribution in [3.8, 4) is 17.0 Å². The maximum Gasteiger partial charge on any atom is 0.165 e. The largest absolute Gasteiger partial charge is 0.488 e. The molecular weight excluding hydrogens is 255 g/mol. The number of nitrogens with zero attached hydrogens (tertiary/aromatic N) is 2. The molecular formula is C13H12ClFN2O. The van der Waals surface area contributed by atoms with Gasteiger partial charge in [-0.25, -0.2) is 14.4 Å². The summed E-state index contributed by atoms with van der Waals surface area (Å²) in [5, 5.41) is 0.322. The molecule has 2 aromatic rings. The highest BCUT2D eigenvalue weighted by Gasteiger charge is 2.08. The Balaban J connectivity index is 2.34. The summed E-state index contributed by atoms with van der Waals surface area (Å²) < 4.78 is 19.1. The molecule has 2 rings (SSSR count). The zero-order chi connectivity index (χ0) is 13.1. The quantitative estimate of drug-likeness (QED) is 0.794. The summed E-state index contributed by atoms with van der Waals surface area (Å²) in [4.78, 5) is 7.82. The molecule has 0 aliphatic rings. The molecule has 5 heteroatoms. The first-order valence-corrected chi connectivity index (χ1v) is 5.88. The molecule has 0 radical (unpaired) electrons. The maximum atomic E-state index is 13.8. The first-order chi connectivity index (χ1) is 8.56. The SMILES string of the molecule is CC(C)Oc1ccc(-c2cc(Cl)ncn2)cc1F. The van der Waals surface area contributed by atoms with Crippen molar-refractivity contribution >= 4 is 11.6 Å². The summed E-state index contributed by atoms with van der Waals surface area (Å²) in [7, 11) is 0. The van der Waals surface area contributed by atoms with Crippen LogP contribution in [0.2, 0.25) is 5.15 Å². The number of rotatable bonds is 3. The number of hydrogen-bond acceptors (Lipinski definition) is 3. The highest BCUT2D eigenvalue weighted by Crippen LogP contribution is 2.25. The monoisotopic (exact) mass is 266 g/mol. The third-order valence-corrected chi connectivity index (χ3v) is 2.43. The second-order valence-electron chi connectivity index (χ2n) is 4.04. The third kappa shape index (κ3) is 2.96. The fraction of sp³-hybridized carbons (Fsp3) is 0.231. The predicted molar refractivity (Wildman–Crippen MR) is 68.2 cm³/mol. The van der Waals surface area contributed by atoms with Gasteiger partial charge in [-0.1, -0.05) is 11.6 Å². The van der Waals surface area contributed by atoms with Gasteiger partial charge in [0.25, 0.3) is 0 Å². The first kappa shape index (κ1) is 12.8. The topological polar surface area (TPSA) is 35.0 Å². The van der Waals surface area contributed by atoms with Crippen molar-refractivity contribution < 1.29 is 9.13 Å². The molecule has 0 atom stereocenters. The van der Waals surface area contributed by atoms with Crippen LogP contribution in [0, 0.1) is 5.82 Å². The summed E-state index contributed by atoms with van der Waals surface area (Å²) in [6, 6.07) is 6.27. The van der Waals surface area contributed by atoms with E-state index in [-0.39, 0.29) is 11.9 Å². The normalized spacial score (nSPS) is 10.7. The van der Waals surface area contributed by atoms with E-state index < -0.39 is 5.82 Å². The molecule has 0 saturated heterocycles. The van der Waals surface area contributed by atoms with E-state index in [1.165, 1.54) is 12.4 Å². The van der Waals surface area contributed by atoms with Crippen LogP contribution in [0.4, 0.5) is 4.39 Å². The van der Waals surface area contributed by atoms with Gasteiger partial charge in [0.15, 0.2) is 11.6 Å². The van der Waals surface area contributed by atoms with Crippen molar-refractivity contribution in [2.75, 3.05) is 0 Å². The van der Waals surface area contributed by atoms with Crippen molar-refractivity contribution in [2.45, 2.75) is 20.0 Å². The van der Waals surface area contributed by atoms with Crippen LogP contribution in [0.3, 0.4) is 0 Å². The highest BCUT2D eigenvalue weighted by atomic mass is 35.5. The molecule has 94 valence electrons. The molecule has 3 nitrogen and oxygen atoms in total. The Hall–Kier alpha value is -1.68. The van der Waals surface area contributed by atoms with Crippen molar-refractivity contribution in [3.05, 3.63) is 41.6 Å². The number of aromatic nitrogens is 2. The molecule has 1 aromatic carbocycles. The van der Waals surface area contributed by atoms with Gasteiger partial charge >= 0.3 is 0 Å². The standard InChI is InChI=1S/C13H12ClFN2O/c1-8(2)18-12-4-3-9(5-10(12)15)11-6-13(14)17-7-16-11/h3-8H,1-2H3. The van der Waals surface area contributed by atoms with Gasteiger partial charge in [-0.15, -0.1) is 0 Å². The summed E-state index contributed by atoms with van der Waals surface area (Å²) >= 11 is 5.77. The summed E-state index contributed by atoms with van der Waals surface area (Å²) in [6.07, 6.45) is 1.27. The Bertz CT molecular complexity index is 560.